The minimum absolute atomic E-state index is 0.728. The summed E-state index contributed by atoms with van der Waals surface area (Å²) in [4.78, 5) is 2.45. The highest BCUT2D eigenvalue weighted by Crippen LogP contribution is 2.16. The van der Waals surface area contributed by atoms with E-state index in [2.05, 4.69) is 53.4 Å². The van der Waals surface area contributed by atoms with Crippen LogP contribution in [0.3, 0.4) is 0 Å². The number of nitrogens with zero attached hydrogens (tertiary/aromatic N) is 2. The first kappa shape index (κ1) is 16.4. The predicted octanol–water partition coefficient (Wildman–Crippen LogP) is 2.91. The number of piperazine rings is 1. The zero-order valence-electron chi connectivity index (χ0n) is 13.3. The topological polar surface area (TPSA) is 23.6 Å². The van der Waals surface area contributed by atoms with Gasteiger partial charge in [0.05, 0.1) is 11.0 Å². The lowest BCUT2D eigenvalue weighted by molar-refractivity contribution is 0.186. The van der Waals surface area contributed by atoms with Crippen LogP contribution in [-0.2, 0) is 17.5 Å². The van der Waals surface area contributed by atoms with E-state index < -0.39 is 11.0 Å². The molecule has 0 amide bonds. The summed E-state index contributed by atoms with van der Waals surface area (Å²) in [6.45, 7) is 11.0. The Morgan fingerprint density at radius 3 is 2.33 bits per heavy atom. The van der Waals surface area contributed by atoms with Crippen molar-refractivity contribution in [3.63, 3.8) is 0 Å². The summed E-state index contributed by atoms with van der Waals surface area (Å²) in [6.07, 6.45) is 2.14. The number of hydrogen-bond donors (Lipinski definition) is 0. The van der Waals surface area contributed by atoms with Crippen LogP contribution in [0.25, 0.3) is 5.57 Å². The molecule has 1 aromatic rings. The first-order chi connectivity index (χ1) is 10.1. The van der Waals surface area contributed by atoms with Crippen molar-refractivity contribution in [2.75, 3.05) is 31.9 Å². The second kappa shape index (κ2) is 7.87. The lowest BCUT2D eigenvalue weighted by Crippen LogP contribution is -2.46. The van der Waals surface area contributed by atoms with Crippen molar-refractivity contribution < 1.29 is 4.21 Å². The Labute approximate surface area is 131 Å². The number of hydrogen-bond acceptors (Lipinski definition) is 2. The van der Waals surface area contributed by atoms with Crippen LogP contribution in [0.4, 0.5) is 0 Å². The highest BCUT2D eigenvalue weighted by Gasteiger charge is 2.19. The van der Waals surface area contributed by atoms with E-state index >= 15 is 0 Å². The van der Waals surface area contributed by atoms with E-state index in [1.807, 2.05) is 6.92 Å². The van der Waals surface area contributed by atoms with Gasteiger partial charge in [-0.05, 0) is 30.5 Å². The Balaban J connectivity index is 1.87. The van der Waals surface area contributed by atoms with E-state index in [-0.39, 0.29) is 0 Å². The van der Waals surface area contributed by atoms with Crippen LogP contribution in [0.2, 0.25) is 0 Å². The molecular formula is C17H26N2OS. The fourth-order valence-electron chi connectivity index (χ4n) is 2.57. The molecule has 0 bridgehead atoms. The van der Waals surface area contributed by atoms with Crippen LogP contribution >= 0.6 is 0 Å². The van der Waals surface area contributed by atoms with Crippen molar-refractivity contribution in [1.29, 1.82) is 0 Å². The molecule has 1 aromatic carbocycles. The zero-order chi connectivity index (χ0) is 15.2. The van der Waals surface area contributed by atoms with Gasteiger partial charge in [0, 0.05) is 38.5 Å². The van der Waals surface area contributed by atoms with Crippen LogP contribution < -0.4 is 0 Å². The average molecular weight is 306 g/mol. The van der Waals surface area contributed by atoms with Gasteiger partial charge < -0.3 is 0 Å². The van der Waals surface area contributed by atoms with Gasteiger partial charge in [-0.25, -0.2) is 8.51 Å². The molecule has 21 heavy (non-hydrogen) atoms. The van der Waals surface area contributed by atoms with Gasteiger partial charge in [0.15, 0.2) is 0 Å². The number of allylic oxidation sites excluding steroid dienone is 2. The number of rotatable bonds is 5. The largest absolute Gasteiger partial charge is 0.296 e. The number of benzene rings is 1. The fourth-order valence-corrected chi connectivity index (χ4v) is 3.51. The first-order valence-corrected chi connectivity index (χ1v) is 8.99. The third-order valence-electron chi connectivity index (χ3n) is 4.11. The summed E-state index contributed by atoms with van der Waals surface area (Å²) < 4.78 is 13.9. The normalized spacial score (nSPS) is 19.7. The van der Waals surface area contributed by atoms with E-state index in [1.165, 1.54) is 16.7 Å². The summed E-state index contributed by atoms with van der Waals surface area (Å²) in [7, 11) is -0.784. The molecule has 1 aliphatic heterocycles. The second-order valence-electron chi connectivity index (χ2n) is 5.48. The molecule has 116 valence electrons. The van der Waals surface area contributed by atoms with Crippen molar-refractivity contribution in [1.82, 2.24) is 9.21 Å². The Kier molecular flexibility index (Phi) is 6.15. The molecule has 4 heteroatoms. The monoisotopic (exact) mass is 306 g/mol. The smallest absolute Gasteiger partial charge is 0.0940 e. The molecule has 1 aliphatic rings. The van der Waals surface area contributed by atoms with E-state index in [0.29, 0.717) is 0 Å². The van der Waals surface area contributed by atoms with Crippen LogP contribution in [0, 0.1) is 0 Å². The highest BCUT2D eigenvalue weighted by atomic mass is 32.2. The summed E-state index contributed by atoms with van der Waals surface area (Å²) in [5.41, 5.74) is 3.97. The maximum atomic E-state index is 11.8. The molecule has 0 aromatic heterocycles. The van der Waals surface area contributed by atoms with E-state index in [0.717, 1.165) is 38.5 Å². The lowest BCUT2D eigenvalue weighted by Gasteiger charge is -2.33. The molecule has 1 atom stereocenters. The molecule has 3 nitrogen and oxygen atoms in total. The molecule has 0 spiro atoms. The molecule has 1 heterocycles. The van der Waals surface area contributed by atoms with Crippen LogP contribution in [0.5, 0.6) is 0 Å². The summed E-state index contributed by atoms with van der Waals surface area (Å²) in [5.74, 6) is 0.728. The Morgan fingerprint density at radius 2 is 1.81 bits per heavy atom. The van der Waals surface area contributed by atoms with Crippen molar-refractivity contribution in [3.05, 3.63) is 41.5 Å². The van der Waals surface area contributed by atoms with Gasteiger partial charge in [-0.2, -0.15) is 0 Å². The van der Waals surface area contributed by atoms with Crippen molar-refractivity contribution in [2.45, 2.75) is 27.3 Å². The first-order valence-electron chi connectivity index (χ1n) is 7.72. The maximum absolute atomic E-state index is 11.8. The molecule has 0 aliphatic carbocycles. The van der Waals surface area contributed by atoms with Crippen LogP contribution in [-0.4, -0.2) is 45.3 Å². The molecule has 0 saturated carbocycles. The van der Waals surface area contributed by atoms with Gasteiger partial charge in [-0.1, -0.05) is 37.3 Å². The molecule has 0 radical (unpaired) electrons. The predicted molar refractivity (Wildman–Crippen MR) is 91.3 cm³/mol. The molecule has 1 unspecified atom stereocenters. The lowest BCUT2D eigenvalue weighted by atomic mass is 10.1. The maximum Gasteiger partial charge on any atom is 0.0940 e. The van der Waals surface area contributed by atoms with Gasteiger partial charge in [-0.15, -0.1) is 0 Å². The standard InChI is InChI=1S/C17H26N2OS/c1-4-15(3)17-8-6-16(7-9-17)14-18-10-12-19(13-11-18)21(20)5-2/h4,6-9H,5,10-14H2,1-3H3/b15-4+. The van der Waals surface area contributed by atoms with E-state index in [1.54, 1.807) is 0 Å². The van der Waals surface area contributed by atoms with Gasteiger partial charge in [-0.3, -0.25) is 4.90 Å². The van der Waals surface area contributed by atoms with Crippen LogP contribution in [0.1, 0.15) is 31.9 Å². The Hall–Kier alpha value is -0.970. The summed E-state index contributed by atoms with van der Waals surface area (Å²) in [5, 5.41) is 0. The highest BCUT2D eigenvalue weighted by molar-refractivity contribution is 7.82. The molecule has 1 saturated heterocycles. The van der Waals surface area contributed by atoms with Gasteiger partial charge >= 0.3 is 0 Å². The molecule has 2 rings (SSSR count). The minimum Gasteiger partial charge on any atom is -0.296 e. The molecular weight excluding hydrogens is 280 g/mol. The summed E-state index contributed by atoms with van der Waals surface area (Å²) in [6, 6.07) is 8.85. The van der Waals surface area contributed by atoms with Crippen molar-refractivity contribution >= 4 is 16.6 Å². The van der Waals surface area contributed by atoms with E-state index in [9.17, 15) is 4.21 Å². The Morgan fingerprint density at radius 1 is 1.19 bits per heavy atom. The van der Waals surface area contributed by atoms with E-state index in [4.69, 9.17) is 0 Å². The van der Waals surface area contributed by atoms with Crippen molar-refractivity contribution in [3.8, 4) is 0 Å². The third-order valence-corrected chi connectivity index (χ3v) is 5.55. The molecule has 1 fully saturated rings. The van der Waals surface area contributed by atoms with Crippen molar-refractivity contribution in [2.24, 2.45) is 0 Å². The SMILES string of the molecule is C/C=C(\C)c1ccc(CN2CCN(S(=O)CC)CC2)cc1. The Bertz CT molecular complexity index is 502. The molecule has 0 N–H and O–H groups in total. The van der Waals surface area contributed by atoms with Crippen LogP contribution in [0.15, 0.2) is 30.3 Å². The average Bonchev–Trinajstić information content (AvgIpc) is 2.55. The quantitative estimate of drug-likeness (QED) is 0.835. The summed E-state index contributed by atoms with van der Waals surface area (Å²) >= 11 is 0. The second-order valence-corrected chi connectivity index (χ2v) is 7.22. The van der Waals surface area contributed by atoms with Gasteiger partial charge in [0.25, 0.3) is 0 Å². The van der Waals surface area contributed by atoms with Gasteiger partial charge in [0.2, 0.25) is 0 Å². The van der Waals surface area contributed by atoms with Gasteiger partial charge in [0.1, 0.15) is 0 Å². The fraction of sp³-hybridized carbons (Fsp3) is 0.529. The minimum atomic E-state index is -0.784. The zero-order valence-corrected chi connectivity index (χ0v) is 14.2. The third kappa shape index (κ3) is 4.50.